The Kier molecular flexibility index (Phi) is 5.37. The maximum atomic E-state index is 12.0. The van der Waals surface area contributed by atoms with E-state index in [2.05, 4.69) is 10.6 Å². The molecule has 0 unspecified atom stereocenters. The van der Waals surface area contributed by atoms with Crippen LogP contribution in [-0.2, 0) is 11.3 Å². The Hall–Kier alpha value is -3.26. The number of nitriles is 1. The summed E-state index contributed by atoms with van der Waals surface area (Å²) >= 11 is 0. The first-order valence-corrected chi connectivity index (χ1v) is 7.08. The second kappa shape index (κ2) is 7.66. The number of aromatic hydroxyl groups is 1. The first-order valence-electron chi connectivity index (χ1n) is 7.08. The summed E-state index contributed by atoms with van der Waals surface area (Å²) in [5.74, 6) is -0.395. The number of aryl methyl sites for hydroxylation is 1. The van der Waals surface area contributed by atoms with Gasteiger partial charge in [0.2, 0.25) is 0 Å². The fourth-order valence-electron chi connectivity index (χ4n) is 1.98. The van der Waals surface area contributed by atoms with Crippen molar-refractivity contribution in [3.63, 3.8) is 0 Å². The quantitative estimate of drug-likeness (QED) is 0.450. The lowest BCUT2D eigenvalue weighted by molar-refractivity contribution is -0.112. The van der Waals surface area contributed by atoms with Crippen molar-refractivity contribution in [2.24, 2.45) is 0 Å². The van der Waals surface area contributed by atoms with Crippen LogP contribution >= 0.6 is 0 Å². The van der Waals surface area contributed by atoms with Crippen LogP contribution in [0.3, 0.4) is 0 Å². The summed E-state index contributed by atoms with van der Waals surface area (Å²) in [6, 6.07) is 15.9. The number of benzene rings is 2. The number of phenolic OH excluding ortho intramolecular Hbond substituents is 1. The Bertz CT molecular complexity index is 759. The molecule has 3 N–H and O–H groups in total. The average Bonchev–Trinajstić information content (AvgIpc) is 2.54. The molecule has 0 aliphatic carbocycles. The molecule has 5 heteroatoms. The summed E-state index contributed by atoms with van der Waals surface area (Å²) in [6.45, 7) is 2.53. The minimum Gasteiger partial charge on any atom is -0.508 e. The van der Waals surface area contributed by atoms with E-state index >= 15 is 0 Å². The molecule has 0 heterocycles. The number of carbonyl (C=O) groups excluding carboxylic acids is 1. The minimum atomic E-state index is -0.505. The van der Waals surface area contributed by atoms with Crippen molar-refractivity contribution in [3.8, 4) is 11.8 Å². The highest BCUT2D eigenvalue weighted by molar-refractivity contribution is 6.06. The number of hydrogen-bond acceptors (Lipinski definition) is 4. The minimum absolute atomic E-state index is 0.0225. The second-order valence-electron chi connectivity index (χ2n) is 5.04. The van der Waals surface area contributed by atoms with Crippen LogP contribution in [0.25, 0.3) is 0 Å². The number of nitrogens with one attached hydrogen (secondary N) is 2. The molecule has 0 saturated heterocycles. The SMILES string of the molecule is Cc1cccc(CN/C=C(/C#N)C(=O)Nc2ccc(O)cc2)c1. The highest BCUT2D eigenvalue weighted by atomic mass is 16.3. The smallest absolute Gasteiger partial charge is 0.267 e. The molecular formula is C18H17N3O2. The Morgan fingerprint density at radius 3 is 2.65 bits per heavy atom. The third-order valence-electron chi connectivity index (χ3n) is 3.13. The Morgan fingerprint density at radius 2 is 2.00 bits per heavy atom. The van der Waals surface area contributed by atoms with Crippen molar-refractivity contribution >= 4 is 11.6 Å². The molecule has 116 valence electrons. The molecule has 0 aromatic heterocycles. The maximum Gasteiger partial charge on any atom is 0.267 e. The van der Waals surface area contributed by atoms with Gasteiger partial charge in [-0.25, -0.2) is 0 Å². The summed E-state index contributed by atoms with van der Waals surface area (Å²) in [5.41, 5.74) is 2.70. The van der Waals surface area contributed by atoms with Gasteiger partial charge in [-0.15, -0.1) is 0 Å². The predicted octanol–water partition coefficient (Wildman–Crippen LogP) is 2.84. The molecule has 0 atom stereocenters. The fraction of sp³-hybridized carbons (Fsp3) is 0.111. The molecule has 23 heavy (non-hydrogen) atoms. The molecule has 0 aliphatic rings. The first kappa shape index (κ1) is 16.1. The third kappa shape index (κ3) is 4.90. The van der Waals surface area contributed by atoms with E-state index < -0.39 is 5.91 Å². The molecule has 0 radical (unpaired) electrons. The van der Waals surface area contributed by atoms with Gasteiger partial charge < -0.3 is 15.7 Å². The molecule has 2 rings (SSSR count). The van der Waals surface area contributed by atoms with Crippen molar-refractivity contribution in [2.75, 3.05) is 5.32 Å². The standard InChI is InChI=1S/C18H17N3O2/c1-13-3-2-4-14(9-13)11-20-12-15(10-19)18(23)21-16-5-7-17(22)8-6-16/h2-9,12,20,22H,11H2,1H3,(H,21,23)/b15-12-. The van der Waals surface area contributed by atoms with Crippen LogP contribution in [-0.4, -0.2) is 11.0 Å². The van der Waals surface area contributed by atoms with Crippen molar-refractivity contribution in [3.05, 3.63) is 71.4 Å². The van der Waals surface area contributed by atoms with Crippen molar-refractivity contribution in [2.45, 2.75) is 13.5 Å². The van der Waals surface area contributed by atoms with Crippen LogP contribution in [0.15, 0.2) is 60.3 Å². The van der Waals surface area contributed by atoms with E-state index in [1.165, 1.54) is 18.3 Å². The van der Waals surface area contributed by atoms with Crippen LogP contribution in [0, 0.1) is 18.3 Å². The zero-order chi connectivity index (χ0) is 16.7. The Balaban J connectivity index is 1.96. The Labute approximate surface area is 134 Å². The topological polar surface area (TPSA) is 85.2 Å². The van der Waals surface area contributed by atoms with Crippen LogP contribution < -0.4 is 10.6 Å². The van der Waals surface area contributed by atoms with E-state index in [0.29, 0.717) is 12.2 Å². The first-order chi connectivity index (χ1) is 11.1. The average molecular weight is 307 g/mol. The van der Waals surface area contributed by atoms with Gasteiger partial charge in [-0.2, -0.15) is 5.26 Å². The highest BCUT2D eigenvalue weighted by Gasteiger charge is 2.09. The van der Waals surface area contributed by atoms with E-state index in [4.69, 9.17) is 5.26 Å². The summed E-state index contributed by atoms with van der Waals surface area (Å²) < 4.78 is 0. The summed E-state index contributed by atoms with van der Waals surface area (Å²) in [5, 5.41) is 23.9. The van der Waals surface area contributed by atoms with Crippen molar-refractivity contribution in [1.29, 1.82) is 5.26 Å². The molecule has 0 aliphatic heterocycles. The lowest BCUT2D eigenvalue weighted by Crippen LogP contribution is -2.16. The second-order valence-corrected chi connectivity index (χ2v) is 5.04. The number of hydrogen-bond donors (Lipinski definition) is 3. The van der Waals surface area contributed by atoms with Gasteiger partial charge in [0.1, 0.15) is 17.4 Å². The third-order valence-corrected chi connectivity index (χ3v) is 3.13. The van der Waals surface area contributed by atoms with E-state index in [0.717, 1.165) is 11.1 Å². The van der Waals surface area contributed by atoms with Crippen LogP contribution in [0.4, 0.5) is 5.69 Å². The van der Waals surface area contributed by atoms with E-state index in [1.54, 1.807) is 12.1 Å². The zero-order valence-corrected chi connectivity index (χ0v) is 12.7. The van der Waals surface area contributed by atoms with Gasteiger partial charge in [0.15, 0.2) is 0 Å². The van der Waals surface area contributed by atoms with Gasteiger partial charge in [-0.1, -0.05) is 29.8 Å². The molecule has 0 saturated carbocycles. The number of carbonyl (C=O) groups is 1. The van der Waals surface area contributed by atoms with Gasteiger partial charge in [0.05, 0.1) is 0 Å². The lowest BCUT2D eigenvalue weighted by Gasteiger charge is -2.06. The van der Waals surface area contributed by atoms with Gasteiger partial charge in [-0.05, 0) is 36.8 Å². The molecule has 0 bridgehead atoms. The van der Waals surface area contributed by atoms with Crippen LogP contribution in [0.2, 0.25) is 0 Å². The lowest BCUT2D eigenvalue weighted by atomic mass is 10.1. The molecule has 2 aromatic rings. The van der Waals surface area contributed by atoms with Gasteiger partial charge in [-0.3, -0.25) is 4.79 Å². The molecular weight excluding hydrogens is 290 g/mol. The summed E-state index contributed by atoms with van der Waals surface area (Å²) in [7, 11) is 0. The van der Waals surface area contributed by atoms with E-state index in [9.17, 15) is 9.90 Å². The number of anilines is 1. The predicted molar refractivity (Wildman–Crippen MR) is 88.5 cm³/mol. The maximum absolute atomic E-state index is 12.0. The van der Waals surface area contributed by atoms with Gasteiger partial charge >= 0.3 is 0 Å². The largest absolute Gasteiger partial charge is 0.508 e. The summed E-state index contributed by atoms with van der Waals surface area (Å²) in [4.78, 5) is 12.0. The number of amides is 1. The molecule has 5 nitrogen and oxygen atoms in total. The van der Waals surface area contributed by atoms with E-state index in [1.807, 2.05) is 37.3 Å². The Morgan fingerprint density at radius 1 is 1.26 bits per heavy atom. The van der Waals surface area contributed by atoms with Crippen LogP contribution in [0.5, 0.6) is 5.75 Å². The molecule has 0 spiro atoms. The highest BCUT2D eigenvalue weighted by Crippen LogP contribution is 2.14. The van der Waals surface area contributed by atoms with Crippen molar-refractivity contribution in [1.82, 2.24) is 5.32 Å². The normalized spacial score (nSPS) is 10.7. The van der Waals surface area contributed by atoms with Crippen LogP contribution in [0.1, 0.15) is 11.1 Å². The van der Waals surface area contributed by atoms with Crippen molar-refractivity contribution < 1.29 is 9.90 Å². The molecule has 1 amide bonds. The van der Waals surface area contributed by atoms with Gasteiger partial charge in [0.25, 0.3) is 5.91 Å². The monoisotopic (exact) mass is 307 g/mol. The number of rotatable bonds is 5. The summed E-state index contributed by atoms with van der Waals surface area (Å²) in [6.07, 6.45) is 1.40. The fourth-order valence-corrected chi connectivity index (χ4v) is 1.98. The number of phenols is 1. The van der Waals surface area contributed by atoms with Gasteiger partial charge in [0, 0.05) is 18.4 Å². The number of nitrogens with zero attached hydrogens (tertiary/aromatic N) is 1. The van der Waals surface area contributed by atoms with E-state index in [-0.39, 0.29) is 11.3 Å². The molecule has 0 fully saturated rings. The molecule has 2 aromatic carbocycles. The zero-order valence-electron chi connectivity index (χ0n) is 12.7.